The number of furan rings is 1. The first-order chi connectivity index (χ1) is 9.38. The molecule has 0 spiro atoms. The number of rotatable bonds is 4. The highest BCUT2D eigenvalue weighted by Crippen LogP contribution is 2.40. The molecule has 19 heavy (non-hydrogen) atoms. The van der Waals surface area contributed by atoms with Crippen molar-refractivity contribution >= 4 is 16.8 Å². The van der Waals surface area contributed by atoms with Gasteiger partial charge >= 0.3 is 0 Å². The Kier molecular flexibility index (Phi) is 2.33. The zero-order chi connectivity index (χ0) is 12.7. The Balaban J connectivity index is 1.56. The van der Waals surface area contributed by atoms with Crippen molar-refractivity contribution in [3.05, 3.63) is 48.2 Å². The van der Waals surface area contributed by atoms with Gasteiger partial charge in [-0.15, -0.1) is 0 Å². The number of hydrogen-bond donors (Lipinski definition) is 1. The van der Waals surface area contributed by atoms with Crippen molar-refractivity contribution in [2.75, 3.05) is 5.32 Å². The van der Waals surface area contributed by atoms with E-state index < -0.39 is 0 Å². The van der Waals surface area contributed by atoms with Crippen LogP contribution in [0.15, 0.2) is 45.6 Å². The summed E-state index contributed by atoms with van der Waals surface area (Å²) >= 11 is 0. The molecule has 0 unspecified atom stereocenters. The minimum absolute atomic E-state index is 0.551. The van der Waals surface area contributed by atoms with Gasteiger partial charge in [-0.2, -0.15) is 0 Å². The molecule has 0 amide bonds. The highest BCUT2D eigenvalue weighted by Gasteiger charge is 2.28. The van der Waals surface area contributed by atoms with Gasteiger partial charge in [0.15, 0.2) is 11.5 Å². The van der Waals surface area contributed by atoms with Crippen LogP contribution >= 0.6 is 0 Å². The molecule has 1 aliphatic rings. The third-order valence-electron chi connectivity index (χ3n) is 3.41. The zero-order valence-electron chi connectivity index (χ0n) is 10.4. The van der Waals surface area contributed by atoms with Gasteiger partial charge in [-0.25, -0.2) is 4.98 Å². The van der Waals surface area contributed by atoms with E-state index in [1.165, 1.54) is 12.8 Å². The molecule has 1 saturated carbocycles. The van der Waals surface area contributed by atoms with Gasteiger partial charge in [0.05, 0.1) is 12.5 Å². The lowest BCUT2D eigenvalue weighted by Gasteiger charge is -2.03. The van der Waals surface area contributed by atoms with Crippen molar-refractivity contribution in [2.45, 2.75) is 25.3 Å². The van der Waals surface area contributed by atoms with Crippen molar-refractivity contribution < 1.29 is 8.83 Å². The Morgan fingerprint density at radius 3 is 3.00 bits per heavy atom. The van der Waals surface area contributed by atoms with E-state index in [0.717, 1.165) is 34.8 Å². The summed E-state index contributed by atoms with van der Waals surface area (Å²) in [4.78, 5) is 4.56. The van der Waals surface area contributed by atoms with Gasteiger partial charge in [0, 0.05) is 23.7 Å². The smallest absolute Gasteiger partial charge is 0.198 e. The molecule has 4 nitrogen and oxygen atoms in total. The molecule has 96 valence electrons. The fourth-order valence-electron chi connectivity index (χ4n) is 2.16. The summed E-state index contributed by atoms with van der Waals surface area (Å²) in [6.07, 6.45) is 5.84. The fourth-order valence-corrected chi connectivity index (χ4v) is 2.16. The number of benzene rings is 1. The Bertz CT molecular complexity index is 696. The topological polar surface area (TPSA) is 51.2 Å². The molecule has 0 saturated heterocycles. The van der Waals surface area contributed by atoms with E-state index in [-0.39, 0.29) is 0 Å². The number of fused-ring (bicyclic) bond motifs is 1. The van der Waals surface area contributed by atoms with Crippen LogP contribution in [0.1, 0.15) is 30.2 Å². The van der Waals surface area contributed by atoms with E-state index in [2.05, 4.69) is 10.3 Å². The van der Waals surface area contributed by atoms with Crippen LogP contribution in [0.3, 0.4) is 0 Å². The number of oxazole rings is 1. The molecule has 0 atom stereocenters. The van der Waals surface area contributed by atoms with Crippen molar-refractivity contribution in [1.29, 1.82) is 0 Å². The fraction of sp³-hybridized carbons (Fsp3) is 0.267. The Hall–Kier alpha value is -2.23. The molecule has 2 aromatic heterocycles. The molecule has 0 bridgehead atoms. The number of nitrogens with zero attached hydrogens (tertiary/aromatic N) is 1. The Morgan fingerprint density at radius 1 is 1.26 bits per heavy atom. The maximum Gasteiger partial charge on any atom is 0.198 e. The van der Waals surface area contributed by atoms with Gasteiger partial charge in [-0.05, 0) is 37.1 Å². The molecule has 1 fully saturated rings. The first-order valence-electron chi connectivity index (χ1n) is 6.54. The summed E-state index contributed by atoms with van der Waals surface area (Å²) in [5, 5.41) is 3.35. The van der Waals surface area contributed by atoms with Gasteiger partial charge < -0.3 is 14.2 Å². The summed E-state index contributed by atoms with van der Waals surface area (Å²) in [5.74, 6) is 1.44. The molecule has 2 heterocycles. The minimum atomic E-state index is 0.551. The molecular weight excluding hydrogens is 240 g/mol. The highest BCUT2D eigenvalue weighted by atomic mass is 16.3. The third-order valence-corrected chi connectivity index (χ3v) is 3.41. The summed E-state index contributed by atoms with van der Waals surface area (Å²) in [5.41, 5.74) is 3.97. The van der Waals surface area contributed by atoms with Crippen molar-refractivity contribution in [1.82, 2.24) is 4.98 Å². The monoisotopic (exact) mass is 254 g/mol. The first-order valence-corrected chi connectivity index (χ1v) is 6.54. The van der Waals surface area contributed by atoms with E-state index in [1.54, 1.807) is 12.5 Å². The lowest BCUT2D eigenvalue weighted by molar-refractivity contribution is 0.533. The summed E-state index contributed by atoms with van der Waals surface area (Å²) in [6, 6.07) is 7.98. The lowest BCUT2D eigenvalue weighted by Crippen LogP contribution is -1.97. The van der Waals surface area contributed by atoms with Crippen LogP contribution in [-0.2, 0) is 6.54 Å². The van der Waals surface area contributed by atoms with Crippen LogP contribution < -0.4 is 5.32 Å². The van der Waals surface area contributed by atoms with Crippen molar-refractivity contribution in [2.24, 2.45) is 0 Å². The van der Waals surface area contributed by atoms with Crippen LogP contribution in [0.4, 0.5) is 5.69 Å². The van der Waals surface area contributed by atoms with Crippen LogP contribution in [0.2, 0.25) is 0 Å². The molecular formula is C15H14N2O2. The van der Waals surface area contributed by atoms with Gasteiger partial charge in [0.1, 0.15) is 5.52 Å². The van der Waals surface area contributed by atoms with Crippen molar-refractivity contribution in [3.8, 4) is 0 Å². The second kappa shape index (κ2) is 4.16. The van der Waals surface area contributed by atoms with E-state index in [1.807, 2.05) is 24.3 Å². The molecule has 1 N–H and O–H groups in total. The Labute approximate surface area is 110 Å². The molecule has 3 aromatic rings. The van der Waals surface area contributed by atoms with Crippen molar-refractivity contribution in [3.63, 3.8) is 0 Å². The maximum atomic E-state index is 5.74. The molecule has 0 aliphatic heterocycles. The SMILES string of the molecule is c1cc(CNc2ccc3oc(C4CC4)nc3c2)co1. The predicted octanol–water partition coefficient (Wildman–Crippen LogP) is 3.91. The number of hydrogen-bond acceptors (Lipinski definition) is 4. The van der Waals surface area contributed by atoms with E-state index >= 15 is 0 Å². The third kappa shape index (κ3) is 2.10. The molecule has 1 aliphatic carbocycles. The number of anilines is 1. The lowest BCUT2D eigenvalue weighted by atomic mass is 10.2. The number of aromatic nitrogens is 1. The van der Waals surface area contributed by atoms with E-state index in [0.29, 0.717) is 5.92 Å². The zero-order valence-corrected chi connectivity index (χ0v) is 10.4. The molecule has 1 aromatic carbocycles. The van der Waals surface area contributed by atoms with Gasteiger partial charge in [-0.3, -0.25) is 0 Å². The Morgan fingerprint density at radius 2 is 2.21 bits per heavy atom. The highest BCUT2D eigenvalue weighted by molar-refractivity contribution is 5.77. The van der Waals surface area contributed by atoms with E-state index in [4.69, 9.17) is 8.83 Å². The summed E-state index contributed by atoms with van der Waals surface area (Å²) in [7, 11) is 0. The molecule has 4 heteroatoms. The van der Waals surface area contributed by atoms with Crippen LogP contribution in [0.5, 0.6) is 0 Å². The predicted molar refractivity (Wildman–Crippen MR) is 72.0 cm³/mol. The summed E-state index contributed by atoms with van der Waals surface area (Å²) in [6.45, 7) is 0.745. The average Bonchev–Trinajstić information content (AvgIpc) is 3.00. The molecule has 0 radical (unpaired) electrons. The average molecular weight is 254 g/mol. The summed E-state index contributed by atoms with van der Waals surface area (Å²) < 4.78 is 10.8. The number of nitrogens with one attached hydrogen (secondary N) is 1. The maximum absolute atomic E-state index is 5.74. The first kappa shape index (κ1) is 10.7. The molecule has 4 rings (SSSR count). The second-order valence-corrected chi connectivity index (χ2v) is 4.99. The minimum Gasteiger partial charge on any atom is -0.472 e. The normalized spacial score (nSPS) is 14.9. The second-order valence-electron chi connectivity index (χ2n) is 4.99. The van der Waals surface area contributed by atoms with Crippen LogP contribution in [0, 0.1) is 0 Å². The van der Waals surface area contributed by atoms with Crippen LogP contribution in [-0.4, -0.2) is 4.98 Å². The quantitative estimate of drug-likeness (QED) is 0.766. The van der Waals surface area contributed by atoms with Gasteiger partial charge in [-0.1, -0.05) is 0 Å². The van der Waals surface area contributed by atoms with E-state index in [9.17, 15) is 0 Å². The standard InChI is InChI=1S/C15H14N2O2/c1-2-11(1)15-17-13-7-12(3-4-14(13)19-15)16-8-10-5-6-18-9-10/h3-7,9,11,16H,1-2,8H2. The van der Waals surface area contributed by atoms with Gasteiger partial charge in [0.25, 0.3) is 0 Å². The van der Waals surface area contributed by atoms with Gasteiger partial charge in [0.2, 0.25) is 0 Å². The van der Waals surface area contributed by atoms with Crippen LogP contribution in [0.25, 0.3) is 11.1 Å². The largest absolute Gasteiger partial charge is 0.472 e.